The highest BCUT2D eigenvalue weighted by atomic mass is 15.4. The number of hydrogen-bond acceptors (Lipinski definition) is 9. The molecule has 3 N–H and O–H groups in total. The SMILES string of the molecule is CC1(C)CNCC[C@@H]1Nc1nc(-c2ccnc(Nc3ncn(Cc4ccccc4)n3)c2)nc2cncc(C3CC3)c12. The van der Waals surface area contributed by atoms with Crippen molar-refractivity contribution in [3.8, 4) is 11.4 Å². The van der Waals surface area contributed by atoms with Crippen LogP contribution in [0.3, 0.4) is 0 Å². The van der Waals surface area contributed by atoms with E-state index < -0.39 is 0 Å². The zero-order valence-electron chi connectivity index (χ0n) is 23.4. The zero-order chi connectivity index (χ0) is 27.8. The van der Waals surface area contributed by atoms with Gasteiger partial charge in [0.2, 0.25) is 5.95 Å². The lowest BCUT2D eigenvalue weighted by molar-refractivity contribution is 0.236. The number of hydrogen-bond donors (Lipinski definition) is 3. The molecule has 4 aromatic heterocycles. The molecular weight excluding hydrogens is 512 g/mol. The molecule has 0 spiro atoms. The van der Waals surface area contributed by atoms with Crippen molar-refractivity contribution in [1.29, 1.82) is 0 Å². The van der Waals surface area contributed by atoms with Crippen molar-refractivity contribution < 1.29 is 0 Å². The molecule has 1 aliphatic heterocycles. The number of piperidine rings is 1. The first-order chi connectivity index (χ1) is 20.0. The third-order valence-corrected chi connectivity index (χ3v) is 8.08. The number of anilines is 3. The Balaban J connectivity index is 1.20. The molecule has 208 valence electrons. The number of nitrogens with one attached hydrogen (secondary N) is 3. The average molecular weight is 547 g/mol. The Labute approximate surface area is 239 Å². The first kappa shape index (κ1) is 25.5. The van der Waals surface area contributed by atoms with E-state index in [1.807, 2.05) is 42.7 Å². The highest BCUT2D eigenvalue weighted by Crippen LogP contribution is 2.44. The molecule has 0 amide bonds. The van der Waals surface area contributed by atoms with Crippen LogP contribution in [0, 0.1) is 5.41 Å². The molecule has 1 aromatic carbocycles. The molecular formula is C31H34N10. The Kier molecular flexibility index (Phi) is 6.54. The van der Waals surface area contributed by atoms with Crippen LogP contribution in [0.25, 0.3) is 22.3 Å². The van der Waals surface area contributed by atoms with Crippen LogP contribution in [0.1, 0.15) is 50.2 Å². The van der Waals surface area contributed by atoms with E-state index in [0.717, 1.165) is 47.4 Å². The second kappa shape index (κ2) is 10.5. The van der Waals surface area contributed by atoms with Gasteiger partial charge in [-0.2, -0.15) is 0 Å². The normalized spacial score (nSPS) is 18.3. The van der Waals surface area contributed by atoms with E-state index in [1.54, 1.807) is 17.2 Å². The van der Waals surface area contributed by atoms with Gasteiger partial charge >= 0.3 is 0 Å². The topological polar surface area (TPSA) is 118 Å². The van der Waals surface area contributed by atoms with E-state index in [2.05, 4.69) is 62.0 Å². The molecule has 1 saturated heterocycles. The van der Waals surface area contributed by atoms with Gasteiger partial charge in [0.05, 0.1) is 18.3 Å². The first-order valence-corrected chi connectivity index (χ1v) is 14.3. The Hall–Kier alpha value is -4.44. The van der Waals surface area contributed by atoms with Crippen molar-refractivity contribution in [3.63, 3.8) is 0 Å². The smallest absolute Gasteiger partial charge is 0.247 e. The van der Waals surface area contributed by atoms with Gasteiger partial charge in [-0.1, -0.05) is 44.2 Å². The summed E-state index contributed by atoms with van der Waals surface area (Å²) < 4.78 is 1.80. The van der Waals surface area contributed by atoms with Crippen LogP contribution in [0.5, 0.6) is 0 Å². The van der Waals surface area contributed by atoms with Crippen LogP contribution >= 0.6 is 0 Å². The quantitative estimate of drug-likeness (QED) is 0.243. The van der Waals surface area contributed by atoms with E-state index >= 15 is 0 Å². The number of nitrogens with zero attached hydrogens (tertiary/aromatic N) is 7. The molecule has 5 aromatic rings. The number of fused-ring (bicyclic) bond motifs is 1. The third kappa shape index (κ3) is 5.47. The molecule has 0 unspecified atom stereocenters. The highest BCUT2D eigenvalue weighted by Gasteiger charge is 2.34. The highest BCUT2D eigenvalue weighted by molar-refractivity contribution is 5.93. The Morgan fingerprint density at radius 1 is 1.02 bits per heavy atom. The maximum atomic E-state index is 5.14. The summed E-state index contributed by atoms with van der Waals surface area (Å²) in [4.78, 5) is 23.6. The Morgan fingerprint density at radius 3 is 2.73 bits per heavy atom. The number of aromatic nitrogens is 7. The van der Waals surface area contributed by atoms with Gasteiger partial charge in [-0.25, -0.2) is 24.6 Å². The Bertz CT molecular complexity index is 1680. The lowest BCUT2D eigenvalue weighted by atomic mass is 9.80. The molecule has 10 heteroatoms. The lowest BCUT2D eigenvalue weighted by Crippen LogP contribution is -2.49. The predicted octanol–water partition coefficient (Wildman–Crippen LogP) is 5.15. The van der Waals surface area contributed by atoms with Gasteiger partial charge in [0.25, 0.3) is 0 Å². The minimum Gasteiger partial charge on any atom is -0.366 e. The molecule has 1 saturated carbocycles. The fourth-order valence-electron chi connectivity index (χ4n) is 5.60. The molecule has 10 nitrogen and oxygen atoms in total. The van der Waals surface area contributed by atoms with Crippen molar-refractivity contribution in [2.24, 2.45) is 5.41 Å². The maximum absolute atomic E-state index is 5.14. The molecule has 7 rings (SSSR count). The van der Waals surface area contributed by atoms with E-state index in [9.17, 15) is 0 Å². The third-order valence-electron chi connectivity index (χ3n) is 8.08. The van der Waals surface area contributed by atoms with Gasteiger partial charge in [-0.05, 0) is 60.4 Å². The van der Waals surface area contributed by atoms with E-state index in [4.69, 9.17) is 9.97 Å². The molecule has 1 atom stereocenters. The van der Waals surface area contributed by atoms with Crippen molar-refractivity contribution >= 4 is 28.5 Å². The van der Waals surface area contributed by atoms with Gasteiger partial charge < -0.3 is 16.0 Å². The van der Waals surface area contributed by atoms with Crippen LogP contribution in [-0.4, -0.2) is 53.8 Å². The van der Waals surface area contributed by atoms with E-state index in [0.29, 0.717) is 36.1 Å². The van der Waals surface area contributed by atoms with Gasteiger partial charge in [0, 0.05) is 35.9 Å². The average Bonchev–Trinajstić information content (AvgIpc) is 3.74. The van der Waals surface area contributed by atoms with Crippen LogP contribution in [-0.2, 0) is 6.54 Å². The second-order valence-corrected chi connectivity index (χ2v) is 11.8. The molecule has 5 heterocycles. The first-order valence-electron chi connectivity index (χ1n) is 14.3. The van der Waals surface area contributed by atoms with Crippen LogP contribution in [0.2, 0.25) is 0 Å². The number of rotatable bonds is 8. The molecule has 1 aliphatic carbocycles. The summed E-state index contributed by atoms with van der Waals surface area (Å²) in [5, 5.41) is 16.3. The molecule has 41 heavy (non-hydrogen) atoms. The zero-order valence-corrected chi connectivity index (χ0v) is 23.4. The molecule has 2 fully saturated rings. The summed E-state index contributed by atoms with van der Waals surface area (Å²) in [5.41, 5.74) is 4.22. The predicted molar refractivity (Wildman–Crippen MR) is 160 cm³/mol. The fraction of sp³-hybridized carbons (Fsp3) is 0.355. The van der Waals surface area contributed by atoms with E-state index in [1.165, 1.54) is 18.4 Å². The lowest BCUT2D eigenvalue weighted by Gasteiger charge is -2.40. The van der Waals surface area contributed by atoms with Crippen LogP contribution < -0.4 is 16.0 Å². The minimum atomic E-state index is 0.0904. The summed E-state index contributed by atoms with van der Waals surface area (Å²) in [6.45, 7) is 7.21. The van der Waals surface area contributed by atoms with Gasteiger partial charge in [0.15, 0.2) is 5.82 Å². The van der Waals surface area contributed by atoms with Crippen LogP contribution in [0.15, 0.2) is 67.4 Å². The van der Waals surface area contributed by atoms with Gasteiger partial charge in [-0.15, -0.1) is 5.10 Å². The monoisotopic (exact) mass is 546 g/mol. The van der Waals surface area contributed by atoms with Crippen molar-refractivity contribution in [2.75, 3.05) is 23.7 Å². The molecule has 2 aliphatic rings. The Morgan fingerprint density at radius 2 is 1.90 bits per heavy atom. The number of pyridine rings is 2. The van der Waals surface area contributed by atoms with Crippen molar-refractivity contribution in [1.82, 2.24) is 40.0 Å². The summed E-state index contributed by atoms with van der Waals surface area (Å²) in [6.07, 6.45) is 10.7. The van der Waals surface area contributed by atoms with Gasteiger partial charge in [-0.3, -0.25) is 4.98 Å². The van der Waals surface area contributed by atoms with Crippen molar-refractivity contribution in [3.05, 3.63) is 78.5 Å². The fourth-order valence-corrected chi connectivity index (χ4v) is 5.60. The maximum Gasteiger partial charge on any atom is 0.247 e. The molecule has 0 bridgehead atoms. The summed E-state index contributed by atoms with van der Waals surface area (Å²) in [5.74, 6) is 3.17. The van der Waals surface area contributed by atoms with E-state index in [-0.39, 0.29) is 5.41 Å². The minimum absolute atomic E-state index is 0.0904. The van der Waals surface area contributed by atoms with Crippen molar-refractivity contribution in [2.45, 2.75) is 51.6 Å². The summed E-state index contributed by atoms with van der Waals surface area (Å²) in [6, 6.07) is 14.4. The summed E-state index contributed by atoms with van der Waals surface area (Å²) >= 11 is 0. The summed E-state index contributed by atoms with van der Waals surface area (Å²) in [7, 11) is 0. The second-order valence-electron chi connectivity index (χ2n) is 11.8. The largest absolute Gasteiger partial charge is 0.366 e. The van der Waals surface area contributed by atoms with Crippen LogP contribution in [0.4, 0.5) is 17.6 Å². The standard InChI is InChI=1S/C31H34N10/c1-31(2)18-32-12-11-25(31)37-29-27-23(21-8-9-21)15-33-16-24(27)36-28(39-29)22-10-13-34-26(14-22)38-30-35-19-41(40-30)17-20-6-4-3-5-7-20/h3-7,10,13-16,19,21,25,32H,8-9,11-12,17-18H2,1-2H3,(H,34,38,40)(H,36,37,39)/t25-/m0/s1. The number of benzene rings is 1. The molecule has 0 radical (unpaired) electrons. The van der Waals surface area contributed by atoms with Gasteiger partial charge in [0.1, 0.15) is 18.0 Å².